The fourth-order valence-corrected chi connectivity index (χ4v) is 1.80. The number of hydrogen-bond acceptors (Lipinski definition) is 1. The molecule has 0 aliphatic rings. The molecule has 1 aromatic heterocycles. The second-order valence-corrected chi connectivity index (χ2v) is 3.91. The molecule has 1 nitrogen and oxygen atoms in total. The summed E-state index contributed by atoms with van der Waals surface area (Å²) in [5.74, 6) is 0. The molecule has 0 amide bonds. The Morgan fingerprint density at radius 2 is 2.15 bits per heavy atom. The third-order valence-corrected chi connectivity index (χ3v) is 2.94. The molecule has 1 heterocycles. The van der Waals surface area contributed by atoms with E-state index in [4.69, 9.17) is 0 Å². The molecule has 0 saturated heterocycles. The van der Waals surface area contributed by atoms with Gasteiger partial charge in [0.15, 0.2) is 0 Å². The second kappa shape index (κ2) is 4.40. The largest absolute Gasteiger partial charge is 0.264 e. The summed E-state index contributed by atoms with van der Waals surface area (Å²) in [7, 11) is 0. The summed E-state index contributed by atoms with van der Waals surface area (Å²) in [6.07, 6.45) is 7.51. The molecule has 0 aliphatic carbocycles. The minimum Gasteiger partial charge on any atom is -0.264 e. The van der Waals surface area contributed by atoms with E-state index in [1.54, 1.807) is 0 Å². The molecule has 72 valence electrons. The first-order chi connectivity index (χ1) is 6.23. The van der Waals surface area contributed by atoms with E-state index in [-0.39, 0.29) is 0 Å². The average molecular weight is 177 g/mol. The highest BCUT2D eigenvalue weighted by molar-refractivity contribution is 5.20. The van der Waals surface area contributed by atoms with Crippen LogP contribution in [0.3, 0.4) is 0 Å². The van der Waals surface area contributed by atoms with E-state index in [1.807, 2.05) is 18.5 Å². The van der Waals surface area contributed by atoms with Crippen LogP contribution in [0.15, 0.2) is 24.5 Å². The van der Waals surface area contributed by atoms with Crippen molar-refractivity contribution in [2.24, 2.45) is 0 Å². The Morgan fingerprint density at radius 1 is 1.38 bits per heavy atom. The van der Waals surface area contributed by atoms with Gasteiger partial charge in [-0.1, -0.05) is 33.3 Å². The van der Waals surface area contributed by atoms with Crippen molar-refractivity contribution in [3.63, 3.8) is 0 Å². The maximum Gasteiger partial charge on any atom is 0.0305 e. The van der Waals surface area contributed by atoms with Crippen LogP contribution in [-0.2, 0) is 5.41 Å². The second-order valence-electron chi connectivity index (χ2n) is 3.91. The van der Waals surface area contributed by atoms with Crippen molar-refractivity contribution >= 4 is 0 Å². The van der Waals surface area contributed by atoms with Gasteiger partial charge in [0.1, 0.15) is 0 Å². The summed E-state index contributed by atoms with van der Waals surface area (Å²) in [6.45, 7) is 6.82. The van der Waals surface area contributed by atoms with Gasteiger partial charge < -0.3 is 0 Å². The van der Waals surface area contributed by atoms with Crippen LogP contribution in [-0.4, -0.2) is 4.98 Å². The fraction of sp³-hybridized carbons (Fsp3) is 0.583. The molecule has 0 radical (unpaired) electrons. The fourth-order valence-electron chi connectivity index (χ4n) is 1.80. The Hall–Kier alpha value is -0.850. The minimum absolute atomic E-state index is 0.322. The summed E-state index contributed by atoms with van der Waals surface area (Å²) in [5, 5.41) is 0. The van der Waals surface area contributed by atoms with E-state index >= 15 is 0 Å². The van der Waals surface area contributed by atoms with Crippen LogP contribution in [0.4, 0.5) is 0 Å². The number of hydrogen-bond donors (Lipinski definition) is 0. The van der Waals surface area contributed by atoms with Crippen LogP contribution in [0.25, 0.3) is 0 Å². The topological polar surface area (TPSA) is 12.9 Å². The number of nitrogens with zero attached hydrogens (tertiary/aromatic N) is 1. The van der Waals surface area contributed by atoms with Gasteiger partial charge in [0, 0.05) is 12.4 Å². The van der Waals surface area contributed by atoms with Gasteiger partial charge in [0.05, 0.1) is 0 Å². The van der Waals surface area contributed by atoms with Gasteiger partial charge in [-0.05, 0) is 29.9 Å². The first kappa shape index (κ1) is 10.2. The zero-order chi connectivity index (χ0) is 9.73. The average Bonchev–Trinajstić information content (AvgIpc) is 2.19. The molecule has 0 N–H and O–H groups in total. The van der Waals surface area contributed by atoms with Gasteiger partial charge in [-0.3, -0.25) is 4.98 Å². The maximum absolute atomic E-state index is 4.18. The molecular weight excluding hydrogens is 158 g/mol. The Morgan fingerprint density at radius 3 is 2.62 bits per heavy atom. The van der Waals surface area contributed by atoms with Gasteiger partial charge in [-0.15, -0.1) is 0 Å². The number of rotatable bonds is 4. The Balaban J connectivity index is 2.89. The van der Waals surface area contributed by atoms with E-state index in [0.717, 1.165) is 0 Å². The first-order valence-electron chi connectivity index (χ1n) is 5.13. The maximum atomic E-state index is 4.18. The summed E-state index contributed by atoms with van der Waals surface area (Å²) < 4.78 is 0. The molecule has 1 unspecified atom stereocenters. The smallest absolute Gasteiger partial charge is 0.0305 e. The molecule has 0 saturated carbocycles. The van der Waals surface area contributed by atoms with Crippen LogP contribution >= 0.6 is 0 Å². The predicted octanol–water partition coefficient (Wildman–Crippen LogP) is 3.55. The van der Waals surface area contributed by atoms with E-state index in [1.165, 1.54) is 24.8 Å². The zero-order valence-electron chi connectivity index (χ0n) is 8.88. The van der Waals surface area contributed by atoms with E-state index in [0.29, 0.717) is 5.41 Å². The minimum atomic E-state index is 0.322. The molecule has 0 aromatic carbocycles. The van der Waals surface area contributed by atoms with Crippen molar-refractivity contribution in [2.45, 2.75) is 45.4 Å². The van der Waals surface area contributed by atoms with Crippen molar-refractivity contribution in [1.82, 2.24) is 4.98 Å². The standard InChI is InChI=1S/C12H19N/c1-4-8-12(3,5-2)11-7-6-9-13-10-11/h6-7,9-10H,4-5,8H2,1-3H3. The molecule has 0 fully saturated rings. The zero-order valence-corrected chi connectivity index (χ0v) is 8.88. The Bertz CT molecular complexity index is 243. The van der Waals surface area contributed by atoms with Crippen molar-refractivity contribution in [2.75, 3.05) is 0 Å². The monoisotopic (exact) mass is 177 g/mol. The molecule has 1 atom stereocenters. The first-order valence-corrected chi connectivity index (χ1v) is 5.13. The third kappa shape index (κ3) is 2.30. The lowest BCUT2D eigenvalue weighted by Crippen LogP contribution is -2.20. The molecule has 1 heteroatoms. The summed E-state index contributed by atoms with van der Waals surface area (Å²) in [6, 6.07) is 4.21. The Kier molecular flexibility index (Phi) is 3.47. The van der Waals surface area contributed by atoms with Crippen LogP contribution < -0.4 is 0 Å². The highest BCUT2D eigenvalue weighted by Crippen LogP contribution is 2.31. The molecular formula is C12H19N. The molecule has 13 heavy (non-hydrogen) atoms. The number of aromatic nitrogens is 1. The quantitative estimate of drug-likeness (QED) is 0.685. The van der Waals surface area contributed by atoms with Crippen molar-refractivity contribution < 1.29 is 0 Å². The molecule has 0 aliphatic heterocycles. The van der Waals surface area contributed by atoms with Crippen LogP contribution in [0.5, 0.6) is 0 Å². The third-order valence-electron chi connectivity index (χ3n) is 2.94. The lowest BCUT2D eigenvalue weighted by molar-refractivity contribution is 0.412. The van der Waals surface area contributed by atoms with E-state index in [9.17, 15) is 0 Å². The lowest BCUT2D eigenvalue weighted by atomic mass is 9.77. The molecule has 1 rings (SSSR count). The SMILES string of the molecule is CCCC(C)(CC)c1cccnc1. The molecule has 0 spiro atoms. The van der Waals surface area contributed by atoms with Gasteiger partial charge in [0.2, 0.25) is 0 Å². The highest BCUT2D eigenvalue weighted by atomic mass is 14.6. The van der Waals surface area contributed by atoms with Crippen LogP contribution in [0.1, 0.15) is 45.6 Å². The van der Waals surface area contributed by atoms with Gasteiger partial charge >= 0.3 is 0 Å². The van der Waals surface area contributed by atoms with Crippen LogP contribution in [0.2, 0.25) is 0 Å². The van der Waals surface area contributed by atoms with E-state index < -0.39 is 0 Å². The van der Waals surface area contributed by atoms with Gasteiger partial charge in [-0.2, -0.15) is 0 Å². The van der Waals surface area contributed by atoms with Gasteiger partial charge in [0.25, 0.3) is 0 Å². The number of pyridine rings is 1. The van der Waals surface area contributed by atoms with Gasteiger partial charge in [-0.25, -0.2) is 0 Å². The van der Waals surface area contributed by atoms with E-state index in [2.05, 4.69) is 31.8 Å². The molecule has 1 aromatic rings. The molecule has 0 bridgehead atoms. The Labute approximate surface area is 81.2 Å². The van der Waals surface area contributed by atoms with Crippen molar-refractivity contribution in [3.05, 3.63) is 30.1 Å². The highest BCUT2D eigenvalue weighted by Gasteiger charge is 2.22. The summed E-state index contributed by atoms with van der Waals surface area (Å²) >= 11 is 0. The van der Waals surface area contributed by atoms with Crippen LogP contribution in [0, 0.1) is 0 Å². The van der Waals surface area contributed by atoms with Crippen molar-refractivity contribution in [3.8, 4) is 0 Å². The normalized spacial score (nSPS) is 15.3. The predicted molar refractivity (Wildman–Crippen MR) is 56.8 cm³/mol. The lowest BCUT2D eigenvalue weighted by Gasteiger charge is -2.27. The summed E-state index contributed by atoms with van der Waals surface area (Å²) in [4.78, 5) is 4.18. The summed E-state index contributed by atoms with van der Waals surface area (Å²) in [5.41, 5.74) is 1.70. The van der Waals surface area contributed by atoms with Crippen molar-refractivity contribution in [1.29, 1.82) is 0 Å².